The molecule has 2 heterocycles. The van der Waals surface area contributed by atoms with Crippen LogP contribution < -0.4 is 4.90 Å². The van der Waals surface area contributed by atoms with E-state index in [4.69, 9.17) is 4.99 Å². The van der Waals surface area contributed by atoms with Crippen molar-refractivity contribution in [1.82, 2.24) is 0 Å². The largest absolute Gasteiger partial charge is 0.354 e. The first-order chi connectivity index (χ1) is 10.9. The number of carbonyl (C=O) groups is 1. The molecule has 4 heteroatoms. The Morgan fingerprint density at radius 2 is 2.09 bits per heavy atom. The lowest BCUT2D eigenvalue weighted by Crippen LogP contribution is -2.47. The zero-order valence-corrected chi connectivity index (χ0v) is 13.1. The lowest BCUT2D eigenvalue weighted by molar-refractivity contribution is -0.107. The summed E-state index contributed by atoms with van der Waals surface area (Å²) >= 11 is 1.65. The van der Waals surface area contributed by atoms with Gasteiger partial charge in [-0.05, 0) is 42.3 Å². The van der Waals surface area contributed by atoms with Gasteiger partial charge in [0.25, 0.3) is 0 Å². The second-order valence-corrected chi connectivity index (χ2v) is 6.94. The highest BCUT2D eigenvalue weighted by Gasteiger charge is 2.33. The predicted octanol–water partition coefficient (Wildman–Crippen LogP) is 4.06. The second-order valence-electron chi connectivity index (χ2n) is 5.99. The third-order valence-electron chi connectivity index (χ3n) is 4.63. The Hall–Kier alpha value is -1.94. The van der Waals surface area contributed by atoms with Gasteiger partial charge in [0.05, 0.1) is 22.0 Å². The molecule has 1 unspecified atom stereocenters. The van der Waals surface area contributed by atoms with Gasteiger partial charge in [0.2, 0.25) is 0 Å². The van der Waals surface area contributed by atoms with E-state index in [1.165, 1.54) is 19.3 Å². The molecule has 1 aromatic heterocycles. The number of benzene rings is 1. The molecule has 0 saturated heterocycles. The van der Waals surface area contributed by atoms with E-state index in [1.807, 2.05) is 29.6 Å². The summed E-state index contributed by atoms with van der Waals surface area (Å²) in [5.74, 6) is 0.707. The van der Waals surface area contributed by atoms with Crippen LogP contribution in [0, 0.1) is 5.92 Å². The predicted molar refractivity (Wildman–Crippen MR) is 91.5 cm³/mol. The highest BCUT2D eigenvalue weighted by atomic mass is 32.1. The van der Waals surface area contributed by atoms with Crippen molar-refractivity contribution in [1.29, 1.82) is 0 Å². The molecule has 1 aliphatic carbocycles. The van der Waals surface area contributed by atoms with E-state index in [-0.39, 0.29) is 6.04 Å². The fourth-order valence-corrected chi connectivity index (χ4v) is 3.97. The molecule has 0 bridgehead atoms. The molecule has 0 amide bonds. The summed E-state index contributed by atoms with van der Waals surface area (Å²) in [6.45, 7) is 0.949. The van der Waals surface area contributed by atoms with Gasteiger partial charge in [0.15, 0.2) is 0 Å². The highest BCUT2D eigenvalue weighted by molar-refractivity contribution is 7.12. The highest BCUT2D eigenvalue weighted by Crippen LogP contribution is 2.38. The van der Waals surface area contributed by atoms with E-state index in [0.717, 1.165) is 34.8 Å². The lowest BCUT2D eigenvalue weighted by Gasteiger charge is -2.39. The lowest BCUT2D eigenvalue weighted by atomic mass is 9.84. The summed E-state index contributed by atoms with van der Waals surface area (Å²) in [7, 11) is 0. The quantitative estimate of drug-likeness (QED) is 0.798. The maximum atomic E-state index is 11.9. The second kappa shape index (κ2) is 5.69. The fraction of sp³-hybridized carbons (Fsp3) is 0.333. The number of fused-ring (bicyclic) bond motifs is 1. The van der Waals surface area contributed by atoms with Gasteiger partial charge in [-0.25, -0.2) is 4.99 Å². The molecule has 3 nitrogen and oxygen atoms in total. The summed E-state index contributed by atoms with van der Waals surface area (Å²) in [4.78, 5) is 20.0. The summed E-state index contributed by atoms with van der Waals surface area (Å²) in [6, 6.07) is 12.0. The number of aldehydes is 1. The molecule has 0 spiro atoms. The van der Waals surface area contributed by atoms with Gasteiger partial charge in [-0.15, -0.1) is 11.3 Å². The molecule has 2 aliphatic rings. The SMILES string of the molecule is O=CC1C(c2cccs2)=Nc2ccccc2N1CC1CCC1. The number of para-hydroxylation sites is 2. The number of rotatable bonds is 4. The van der Waals surface area contributed by atoms with Crippen molar-refractivity contribution in [2.45, 2.75) is 25.3 Å². The smallest absolute Gasteiger partial charge is 0.148 e. The molecule has 0 radical (unpaired) electrons. The molecule has 0 N–H and O–H groups in total. The maximum absolute atomic E-state index is 11.9. The van der Waals surface area contributed by atoms with Crippen LogP contribution in [0.1, 0.15) is 24.1 Å². The Kier molecular flexibility index (Phi) is 3.54. The summed E-state index contributed by atoms with van der Waals surface area (Å²) < 4.78 is 0. The summed E-state index contributed by atoms with van der Waals surface area (Å²) in [5, 5.41) is 2.04. The molecule has 4 rings (SSSR count). The number of thiophene rings is 1. The van der Waals surface area contributed by atoms with Crippen LogP contribution in [0.5, 0.6) is 0 Å². The van der Waals surface area contributed by atoms with Crippen molar-refractivity contribution in [2.75, 3.05) is 11.4 Å². The molecule has 1 aliphatic heterocycles. The molecule has 1 atom stereocenters. The van der Waals surface area contributed by atoms with Crippen LogP contribution in [0.4, 0.5) is 11.4 Å². The molecular formula is C18H18N2OS. The van der Waals surface area contributed by atoms with Gasteiger partial charge in [-0.1, -0.05) is 24.6 Å². The van der Waals surface area contributed by atoms with Crippen LogP contribution in [-0.4, -0.2) is 24.6 Å². The Balaban J connectivity index is 1.79. The fourth-order valence-electron chi connectivity index (χ4n) is 3.22. The third kappa shape index (κ3) is 2.28. The monoisotopic (exact) mass is 310 g/mol. The van der Waals surface area contributed by atoms with E-state index in [1.54, 1.807) is 11.3 Å². The van der Waals surface area contributed by atoms with Crippen LogP contribution in [0.3, 0.4) is 0 Å². The topological polar surface area (TPSA) is 32.7 Å². The molecule has 2 aromatic rings. The van der Waals surface area contributed by atoms with Crippen LogP contribution in [0.25, 0.3) is 0 Å². The number of aliphatic imine (C=N–C) groups is 1. The minimum Gasteiger partial charge on any atom is -0.354 e. The average molecular weight is 310 g/mol. The van der Waals surface area contributed by atoms with Crippen molar-refractivity contribution in [3.63, 3.8) is 0 Å². The number of nitrogens with zero attached hydrogens (tertiary/aromatic N) is 2. The Bertz CT molecular complexity index is 704. The van der Waals surface area contributed by atoms with E-state index < -0.39 is 0 Å². The number of hydrogen-bond acceptors (Lipinski definition) is 4. The van der Waals surface area contributed by atoms with Crippen LogP contribution >= 0.6 is 11.3 Å². The molecule has 1 saturated carbocycles. The van der Waals surface area contributed by atoms with Crippen molar-refractivity contribution >= 4 is 34.7 Å². The molecule has 1 fully saturated rings. The van der Waals surface area contributed by atoms with Gasteiger partial charge >= 0.3 is 0 Å². The normalized spacial score (nSPS) is 21.0. The number of carbonyl (C=O) groups excluding carboxylic acids is 1. The van der Waals surface area contributed by atoms with Gasteiger partial charge in [-0.2, -0.15) is 0 Å². The molecular weight excluding hydrogens is 292 g/mol. The van der Waals surface area contributed by atoms with Crippen molar-refractivity contribution < 1.29 is 4.79 Å². The van der Waals surface area contributed by atoms with Crippen LogP contribution in [-0.2, 0) is 4.79 Å². The standard InChI is InChI=1S/C18H18N2OS/c21-12-16-18(17-9-4-10-22-17)19-14-7-1-2-8-15(14)20(16)11-13-5-3-6-13/h1-2,4,7-10,12-13,16H,3,5-6,11H2. The summed E-state index contributed by atoms with van der Waals surface area (Å²) in [5.41, 5.74) is 2.96. The molecule has 112 valence electrons. The summed E-state index contributed by atoms with van der Waals surface area (Å²) in [6.07, 6.45) is 4.91. The van der Waals surface area contributed by atoms with Gasteiger partial charge in [-0.3, -0.25) is 0 Å². The first kappa shape index (κ1) is 13.7. The van der Waals surface area contributed by atoms with Crippen molar-refractivity contribution in [2.24, 2.45) is 10.9 Å². The van der Waals surface area contributed by atoms with E-state index in [0.29, 0.717) is 5.92 Å². The first-order valence-electron chi connectivity index (χ1n) is 7.80. The Morgan fingerprint density at radius 3 is 2.77 bits per heavy atom. The van der Waals surface area contributed by atoms with Gasteiger partial charge in [0.1, 0.15) is 12.3 Å². The Labute approximate surface area is 134 Å². The van der Waals surface area contributed by atoms with E-state index in [9.17, 15) is 4.79 Å². The van der Waals surface area contributed by atoms with Gasteiger partial charge < -0.3 is 9.69 Å². The van der Waals surface area contributed by atoms with Crippen LogP contribution in [0.2, 0.25) is 0 Å². The van der Waals surface area contributed by atoms with Gasteiger partial charge in [0, 0.05) is 6.54 Å². The minimum absolute atomic E-state index is 0.269. The van der Waals surface area contributed by atoms with Crippen molar-refractivity contribution in [3.05, 3.63) is 46.7 Å². The zero-order valence-electron chi connectivity index (χ0n) is 12.3. The van der Waals surface area contributed by atoms with E-state index >= 15 is 0 Å². The maximum Gasteiger partial charge on any atom is 0.148 e. The number of hydrogen-bond donors (Lipinski definition) is 0. The minimum atomic E-state index is -0.269. The number of anilines is 1. The average Bonchev–Trinajstić information content (AvgIpc) is 3.04. The van der Waals surface area contributed by atoms with Crippen molar-refractivity contribution in [3.8, 4) is 0 Å². The zero-order chi connectivity index (χ0) is 14.9. The first-order valence-corrected chi connectivity index (χ1v) is 8.68. The van der Waals surface area contributed by atoms with E-state index in [2.05, 4.69) is 17.0 Å². The molecule has 22 heavy (non-hydrogen) atoms. The Morgan fingerprint density at radius 1 is 1.23 bits per heavy atom. The molecule has 1 aromatic carbocycles. The third-order valence-corrected chi connectivity index (χ3v) is 5.52. The van der Waals surface area contributed by atoms with Crippen LogP contribution in [0.15, 0.2) is 46.8 Å².